The minimum Gasteiger partial charge on any atom is -0.342 e. The third-order valence-electron chi connectivity index (χ3n) is 3.75. The summed E-state index contributed by atoms with van der Waals surface area (Å²) in [6.07, 6.45) is 6.26. The van der Waals surface area contributed by atoms with E-state index in [1.165, 1.54) is 10.6 Å². The first-order valence-electron chi connectivity index (χ1n) is 7.68. The fourth-order valence-corrected chi connectivity index (χ4v) is 3.30. The maximum atomic E-state index is 12.3. The highest BCUT2D eigenvalue weighted by Gasteiger charge is 2.23. The molecule has 0 unspecified atom stereocenters. The van der Waals surface area contributed by atoms with E-state index >= 15 is 0 Å². The minimum atomic E-state index is -3.34. The summed E-state index contributed by atoms with van der Waals surface area (Å²) in [5.74, 6) is -0.0628. The van der Waals surface area contributed by atoms with E-state index in [0.717, 1.165) is 51.7 Å². The van der Waals surface area contributed by atoms with Gasteiger partial charge in [0.1, 0.15) is 0 Å². The molecule has 21 heavy (non-hydrogen) atoms. The topological polar surface area (TPSA) is 60.9 Å². The number of carbonyl (C=O) groups is 1. The summed E-state index contributed by atoms with van der Waals surface area (Å²) in [6, 6.07) is 0. The van der Waals surface area contributed by atoms with Crippen molar-refractivity contribution in [3.8, 4) is 0 Å². The summed E-state index contributed by atoms with van der Waals surface area (Å²) in [5, 5.41) is 0. The van der Waals surface area contributed by atoms with Gasteiger partial charge in [-0.3, -0.25) is 4.79 Å². The molecule has 0 radical (unpaired) electrons. The Morgan fingerprint density at radius 2 is 1.62 bits per heavy atom. The second kappa shape index (κ2) is 8.70. The van der Waals surface area contributed by atoms with Gasteiger partial charge in [0.25, 0.3) is 0 Å². The maximum absolute atomic E-state index is 12.3. The van der Waals surface area contributed by atoms with Crippen molar-refractivity contribution in [1.82, 2.24) is 14.1 Å². The number of rotatable bonds is 7. The molecular weight excluding hydrogens is 290 g/mol. The molecule has 0 bridgehead atoms. The first kappa shape index (κ1) is 18.4. The lowest BCUT2D eigenvalue weighted by Gasteiger charge is -2.25. The summed E-state index contributed by atoms with van der Waals surface area (Å²) in [7, 11) is 0.565. The molecule has 1 amide bonds. The van der Waals surface area contributed by atoms with Crippen molar-refractivity contribution in [2.75, 3.05) is 53.1 Å². The molecule has 1 rings (SSSR count). The quantitative estimate of drug-likeness (QED) is 0.689. The Bertz CT molecular complexity index is 415. The molecule has 1 saturated heterocycles. The second-order valence-electron chi connectivity index (χ2n) is 6.05. The van der Waals surface area contributed by atoms with E-state index in [4.69, 9.17) is 0 Å². The highest BCUT2D eigenvalue weighted by molar-refractivity contribution is 7.88. The van der Waals surface area contributed by atoms with Crippen LogP contribution in [0.5, 0.6) is 0 Å². The zero-order valence-electron chi connectivity index (χ0n) is 13.5. The van der Waals surface area contributed by atoms with Crippen molar-refractivity contribution < 1.29 is 13.2 Å². The molecule has 0 saturated carbocycles. The first-order valence-corrected chi connectivity index (χ1v) is 9.53. The van der Waals surface area contributed by atoms with Gasteiger partial charge in [0.05, 0.1) is 12.8 Å². The first-order chi connectivity index (χ1) is 9.80. The zero-order chi connectivity index (χ0) is 15.9. The van der Waals surface area contributed by atoms with Crippen LogP contribution in [-0.4, -0.2) is 81.5 Å². The van der Waals surface area contributed by atoms with E-state index in [1.54, 1.807) is 0 Å². The van der Waals surface area contributed by atoms with Crippen LogP contribution in [0.4, 0.5) is 0 Å². The monoisotopic (exact) mass is 319 g/mol. The van der Waals surface area contributed by atoms with E-state index in [-0.39, 0.29) is 12.5 Å². The van der Waals surface area contributed by atoms with Crippen LogP contribution in [0.1, 0.15) is 32.1 Å². The van der Waals surface area contributed by atoms with Crippen molar-refractivity contribution in [3.63, 3.8) is 0 Å². The average Bonchev–Trinajstić information content (AvgIpc) is 2.64. The summed E-state index contributed by atoms with van der Waals surface area (Å²) in [4.78, 5) is 16.1. The number of nitrogens with zero attached hydrogens (tertiary/aromatic N) is 3. The fraction of sp³-hybridized carbons (Fsp3) is 0.929. The second-order valence-corrected chi connectivity index (χ2v) is 8.03. The largest absolute Gasteiger partial charge is 0.342 e. The lowest BCUT2D eigenvalue weighted by molar-refractivity contribution is -0.131. The maximum Gasteiger partial charge on any atom is 0.237 e. The molecule has 124 valence electrons. The van der Waals surface area contributed by atoms with Crippen molar-refractivity contribution in [3.05, 3.63) is 0 Å². The minimum absolute atomic E-state index is 0.0216. The Kier molecular flexibility index (Phi) is 7.62. The van der Waals surface area contributed by atoms with Gasteiger partial charge in [-0.25, -0.2) is 8.42 Å². The fourth-order valence-electron chi connectivity index (χ4n) is 2.50. The molecule has 1 aliphatic heterocycles. The predicted molar refractivity (Wildman–Crippen MR) is 84.6 cm³/mol. The van der Waals surface area contributed by atoms with Crippen LogP contribution >= 0.6 is 0 Å². The molecule has 0 spiro atoms. The number of likely N-dealkylation sites (tertiary alicyclic amines) is 1. The lowest BCUT2D eigenvalue weighted by Crippen LogP contribution is -2.43. The molecule has 0 aromatic heterocycles. The van der Waals surface area contributed by atoms with Crippen LogP contribution in [-0.2, 0) is 14.8 Å². The molecule has 0 aromatic rings. The number of carbonyl (C=O) groups excluding carboxylic acids is 1. The normalized spacial score (nSPS) is 17.3. The number of hydrogen-bond donors (Lipinski definition) is 0. The molecule has 0 aliphatic carbocycles. The van der Waals surface area contributed by atoms with E-state index in [2.05, 4.69) is 0 Å². The summed E-state index contributed by atoms with van der Waals surface area (Å²) < 4.78 is 25.0. The van der Waals surface area contributed by atoms with Crippen molar-refractivity contribution in [2.45, 2.75) is 32.1 Å². The lowest BCUT2D eigenvalue weighted by atomic mass is 10.2. The van der Waals surface area contributed by atoms with Crippen LogP contribution in [0.15, 0.2) is 0 Å². The standard InChI is InChI=1S/C14H29N3O3S/c1-15(2)9-8-12-17(21(3,19)20)13-14(18)16-10-6-4-5-7-11-16/h4-13H2,1-3H3. The van der Waals surface area contributed by atoms with Crippen LogP contribution in [0.2, 0.25) is 0 Å². The van der Waals surface area contributed by atoms with Crippen LogP contribution in [0.25, 0.3) is 0 Å². The van der Waals surface area contributed by atoms with E-state index in [1.807, 2.05) is 23.9 Å². The molecule has 0 N–H and O–H groups in total. The average molecular weight is 319 g/mol. The molecule has 0 aromatic carbocycles. The zero-order valence-corrected chi connectivity index (χ0v) is 14.4. The SMILES string of the molecule is CN(C)CCCN(CC(=O)N1CCCCCC1)S(C)(=O)=O. The molecule has 7 heteroatoms. The van der Waals surface area contributed by atoms with Crippen molar-refractivity contribution in [1.29, 1.82) is 0 Å². The number of amides is 1. The summed E-state index contributed by atoms with van der Waals surface area (Å²) >= 11 is 0. The van der Waals surface area contributed by atoms with E-state index in [9.17, 15) is 13.2 Å². The Morgan fingerprint density at radius 3 is 2.10 bits per heavy atom. The Hall–Kier alpha value is -0.660. The van der Waals surface area contributed by atoms with Gasteiger partial charge in [-0.2, -0.15) is 4.31 Å². The highest BCUT2D eigenvalue weighted by Crippen LogP contribution is 2.11. The van der Waals surface area contributed by atoms with Gasteiger partial charge < -0.3 is 9.80 Å². The molecule has 1 aliphatic rings. The Balaban J connectivity index is 2.56. The van der Waals surface area contributed by atoms with Gasteiger partial charge in [0, 0.05) is 19.6 Å². The van der Waals surface area contributed by atoms with Crippen LogP contribution < -0.4 is 0 Å². The third kappa shape index (κ3) is 7.24. The molecule has 1 fully saturated rings. The van der Waals surface area contributed by atoms with Gasteiger partial charge in [0.15, 0.2) is 0 Å². The van der Waals surface area contributed by atoms with Gasteiger partial charge >= 0.3 is 0 Å². The van der Waals surface area contributed by atoms with E-state index < -0.39 is 10.0 Å². The highest BCUT2D eigenvalue weighted by atomic mass is 32.2. The predicted octanol–water partition coefficient (Wildman–Crippen LogP) is 0.602. The summed E-state index contributed by atoms with van der Waals surface area (Å²) in [6.45, 7) is 2.70. The van der Waals surface area contributed by atoms with Crippen LogP contribution in [0.3, 0.4) is 0 Å². The molecular formula is C14H29N3O3S. The number of sulfonamides is 1. The molecule has 6 nitrogen and oxygen atoms in total. The third-order valence-corrected chi connectivity index (χ3v) is 5.00. The van der Waals surface area contributed by atoms with Crippen LogP contribution in [0, 0.1) is 0 Å². The van der Waals surface area contributed by atoms with Crippen molar-refractivity contribution in [2.24, 2.45) is 0 Å². The van der Waals surface area contributed by atoms with Crippen molar-refractivity contribution >= 4 is 15.9 Å². The number of hydrogen-bond acceptors (Lipinski definition) is 4. The molecule has 0 atom stereocenters. The summed E-state index contributed by atoms with van der Waals surface area (Å²) in [5.41, 5.74) is 0. The van der Waals surface area contributed by atoms with Gasteiger partial charge in [0.2, 0.25) is 15.9 Å². The Labute approximate surface area is 129 Å². The van der Waals surface area contributed by atoms with Gasteiger partial charge in [-0.05, 0) is 39.9 Å². The Morgan fingerprint density at radius 1 is 1.05 bits per heavy atom. The van der Waals surface area contributed by atoms with Gasteiger partial charge in [-0.1, -0.05) is 12.8 Å². The van der Waals surface area contributed by atoms with Gasteiger partial charge in [-0.15, -0.1) is 0 Å². The molecule has 1 heterocycles. The van der Waals surface area contributed by atoms with E-state index in [0.29, 0.717) is 6.54 Å². The smallest absolute Gasteiger partial charge is 0.237 e.